The number of carbonyl (C=O) groups is 1. The smallest absolute Gasteiger partial charge is 0.266 e. The Labute approximate surface area is 180 Å². The lowest BCUT2D eigenvalue weighted by Gasteiger charge is -2.22. The minimum absolute atomic E-state index is 0.132. The Morgan fingerprint density at radius 1 is 1.10 bits per heavy atom. The second kappa shape index (κ2) is 9.11. The molecule has 0 aliphatic rings. The van der Waals surface area contributed by atoms with Crippen molar-refractivity contribution >= 4 is 42.4 Å². The lowest BCUT2D eigenvalue weighted by Crippen LogP contribution is -2.39. The molecule has 1 aromatic heterocycles. The molecule has 0 N–H and O–H groups in total. The van der Waals surface area contributed by atoms with Crippen molar-refractivity contribution < 1.29 is 17.9 Å². The summed E-state index contributed by atoms with van der Waals surface area (Å²) in [6.45, 7) is 2.83. The number of likely N-dealkylation sites (N-methyl/N-ethyl adjacent to an activating group) is 1. The Morgan fingerprint density at radius 3 is 2.50 bits per heavy atom. The van der Waals surface area contributed by atoms with E-state index in [0.29, 0.717) is 29.5 Å². The first kappa shape index (κ1) is 22.2. The van der Waals surface area contributed by atoms with Gasteiger partial charge in [0, 0.05) is 19.3 Å². The number of amides is 1. The second-order valence-electron chi connectivity index (χ2n) is 7.27. The maximum Gasteiger partial charge on any atom is 0.266 e. The lowest BCUT2D eigenvalue weighted by atomic mass is 10.2. The number of nitrogens with zero attached hydrogens (tertiary/aromatic N) is 3. The topological polar surface area (TPSA) is 79.8 Å². The van der Waals surface area contributed by atoms with E-state index in [1.165, 1.54) is 17.4 Å². The maximum atomic E-state index is 13.0. The molecule has 0 radical (unpaired) electrons. The highest BCUT2D eigenvalue weighted by molar-refractivity contribution is 7.91. The van der Waals surface area contributed by atoms with Crippen molar-refractivity contribution in [3.63, 3.8) is 0 Å². The number of carbonyl (C=O) groups excluding carboxylic acids is 1. The fourth-order valence-corrected chi connectivity index (χ4v) is 4.82. The highest BCUT2D eigenvalue weighted by Gasteiger charge is 2.23. The number of aryl methyl sites for hydroxylation is 1. The standard InChI is InChI=1S/C21H25N3O4S2/c1-15-8-5-6-9-16(15)28-14-19(25)24(13-12-23(2)3)21-22-20-17(29-21)10-7-11-18(20)30(4,26)27/h5-11H,12-14H2,1-4H3. The van der Waals surface area contributed by atoms with Crippen LogP contribution in [0.15, 0.2) is 47.4 Å². The van der Waals surface area contributed by atoms with Crippen LogP contribution in [-0.2, 0) is 14.6 Å². The van der Waals surface area contributed by atoms with Crippen LogP contribution in [0.3, 0.4) is 0 Å². The van der Waals surface area contributed by atoms with Crippen LogP contribution in [0.2, 0.25) is 0 Å². The predicted octanol–water partition coefficient (Wildman–Crippen LogP) is 2.98. The summed E-state index contributed by atoms with van der Waals surface area (Å²) in [7, 11) is 0.415. The van der Waals surface area contributed by atoms with Crippen molar-refractivity contribution in [2.75, 3.05) is 44.9 Å². The van der Waals surface area contributed by atoms with Gasteiger partial charge in [0.15, 0.2) is 21.6 Å². The van der Waals surface area contributed by atoms with E-state index in [-0.39, 0.29) is 17.4 Å². The molecule has 0 fully saturated rings. The summed E-state index contributed by atoms with van der Waals surface area (Å²) in [5.41, 5.74) is 1.34. The first-order valence-corrected chi connectivity index (χ1v) is 12.1. The number of fused-ring (bicyclic) bond motifs is 1. The number of sulfone groups is 1. The Morgan fingerprint density at radius 2 is 1.83 bits per heavy atom. The van der Waals surface area contributed by atoms with Crippen molar-refractivity contribution in [1.82, 2.24) is 9.88 Å². The number of hydrogen-bond acceptors (Lipinski definition) is 7. The monoisotopic (exact) mass is 447 g/mol. The molecule has 0 unspecified atom stereocenters. The number of rotatable bonds is 8. The van der Waals surface area contributed by atoms with Crippen molar-refractivity contribution in [2.24, 2.45) is 0 Å². The van der Waals surface area contributed by atoms with Crippen LogP contribution >= 0.6 is 11.3 Å². The minimum atomic E-state index is -3.43. The third-order valence-corrected chi connectivity index (χ3v) is 6.69. The highest BCUT2D eigenvalue weighted by atomic mass is 32.2. The molecule has 1 amide bonds. The molecule has 0 bridgehead atoms. The van der Waals surface area contributed by atoms with Gasteiger partial charge in [0.1, 0.15) is 11.3 Å². The number of hydrogen-bond donors (Lipinski definition) is 0. The van der Waals surface area contributed by atoms with Gasteiger partial charge in [0.25, 0.3) is 5.91 Å². The average molecular weight is 448 g/mol. The summed E-state index contributed by atoms with van der Waals surface area (Å²) in [4.78, 5) is 21.3. The molecule has 9 heteroatoms. The summed E-state index contributed by atoms with van der Waals surface area (Å²) >= 11 is 1.30. The predicted molar refractivity (Wildman–Crippen MR) is 120 cm³/mol. The summed E-state index contributed by atoms with van der Waals surface area (Å²) < 4.78 is 30.7. The maximum absolute atomic E-state index is 13.0. The molecule has 0 saturated heterocycles. The molecule has 3 rings (SSSR count). The van der Waals surface area contributed by atoms with Crippen molar-refractivity contribution in [2.45, 2.75) is 11.8 Å². The first-order valence-electron chi connectivity index (χ1n) is 9.40. The Hall–Kier alpha value is -2.49. The van der Waals surface area contributed by atoms with E-state index < -0.39 is 9.84 Å². The highest BCUT2D eigenvalue weighted by Crippen LogP contribution is 2.32. The van der Waals surface area contributed by atoms with Gasteiger partial charge < -0.3 is 9.64 Å². The molecular weight excluding hydrogens is 422 g/mol. The van der Waals surface area contributed by atoms with Crippen LogP contribution in [0, 0.1) is 6.92 Å². The third-order valence-electron chi connectivity index (χ3n) is 4.52. The van der Waals surface area contributed by atoms with Gasteiger partial charge in [0.05, 0.1) is 9.60 Å². The number of benzene rings is 2. The average Bonchev–Trinajstić information content (AvgIpc) is 3.10. The number of para-hydroxylation sites is 2. The first-order chi connectivity index (χ1) is 14.2. The van der Waals surface area contributed by atoms with Gasteiger partial charge in [-0.1, -0.05) is 35.6 Å². The normalized spacial score (nSPS) is 11.8. The SMILES string of the molecule is Cc1ccccc1OCC(=O)N(CCN(C)C)c1nc2c(S(C)(=O)=O)cccc2s1. The van der Waals surface area contributed by atoms with Crippen molar-refractivity contribution in [3.8, 4) is 5.75 Å². The van der Waals surface area contributed by atoms with Crippen molar-refractivity contribution in [1.29, 1.82) is 0 Å². The number of ether oxygens (including phenoxy) is 1. The zero-order valence-electron chi connectivity index (χ0n) is 17.5. The van der Waals surface area contributed by atoms with Crippen LogP contribution in [0.25, 0.3) is 10.2 Å². The molecule has 1 heterocycles. The lowest BCUT2D eigenvalue weighted by molar-refractivity contribution is -0.120. The summed E-state index contributed by atoms with van der Waals surface area (Å²) in [6.07, 6.45) is 1.16. The number of aromatic nitrogens is 1. The van der Waals surface area contributed by atoms with E-state index in [4.69, 9.17) is 4.74 Å². The van der Waals surface area contributed by atoms with Gasteiger partial charge in [-0.15, -0.1) is 0 Å². The minimum Gasteiger partial charge on any atom is -0.483 e. The quantitative estimate of drug-likeness (QED) is 0.528. The molecule has 0 atom stereocenters. The summed E-state index contributed by atoms with van der Waals surface area (Å²) in [5, 5.41) is 0.460. The molecule has 30 heavy (non-hydrogen) atoms. The largest absolute Gasteiger partial charge is 0.483 e. The molecule has 3 aromatic rings. The van der Waals surface area contributed by atoms with E-state index in [1.54, 1.807) is 11.0 Å². The Bertz CT molecular complexity index is 1160. The molecule has 0 saturated carbocycles. The fraction of sp³-hybridized carbons (Fsp3) is 0.333. The summed E-state index contributed by atoms with van der Waals surface area (Å²) in [5.74, 6) is 0.419. The Kier molecular flexibility index (Phi) is 6.74. The zero-order valence-corrected chi connectivity index (χ0v) is 19.1. The van der Waals surface area contributed by atoms with Crippen LogP contribution in [0.1, 0.15) is 5.56 Å². The molecular formula is C21H25N3O4S2. The number of thiazole rings is 1. The summed E-state index contributed by atoms with van der Waals surface area (Å²) in [6, 6.07) is 12.5. The van der Waals surface area contributed by atoms with E-state index >= 15 is 0 Å². The van der Waals surface area contributed by atoms with Gasteiger partial charge in [-0.2, -0.15) is 0 Å². The van der Waals surface area contributed by atoms with E-state index in [1.807, 2.05) is 56.3 Å². The van der Waals surface area contributed by atoms with Gasteiger partial charge in [-0.3, -0.25) is 9.69 Å². The third kappa shape index (κ3) is 5.16. The van der Waals surface area contributed by atoms with Crippen LogP contribution in [-0.4, -0.2) is 64.3 Å². The van der Waals surface area contributed by atoms with Crippen molar-refractivity contribution in [3.05, 3.63) is 48.0 Å². The fourth-order valence-electron chi connectivity index (χ4n) is 2.89. The van der Waals surface area contributed by atoms with Crippen LogP contribution < -0.4 is 9.64 Å². The molecule has 0 aliphatic heterocycles. The van der Waals surface area contributed by atoms with Gasteiger partial charge in [0.2, 0.25) is 0 Å². The zero-order chi connectivity index (χ0) is 21.9. The van der Waals surface area contributed by atoms with Gasteiger partial charge in [-0.25, -0.2) is 13.4 Å². The van der Waals surface area contributed by atoms with Crippen LogP contribution in [0.5, 0.6) is 5.75 Å². The molecule has 160 valence electrons. The molecule has 0 spiro atoms. The molecule has 0 aliphatic carbocycles. The van der Waals surface area contributed by atoms with Crippen LogP contribution in [0.4, 0.5) is 5.13 Å². The van der Waals surface area contributed by atoms with E-state index in [2.05, 4.69) is 4.98 Å². The van der Waals surface area contributed by atoms with E-state index in [0.717, 1.165) is 16.5 Å². The second-order valence-corrected chi connectivity index (χ2v) is 10.3. The Balaban J connectivity index is 1.91. The molecule has 2 aromatic carbocycles. The molecule has 7 nitrogen and oxygen atoms in total. The van der Waals surface area contributed by atoms with Gasteiger partial charge in [-0.05, 0) is 44.8 Å². The van der Waals surface area contributed by atoms with E-state index in [9.17, 15) is 13.2 Å². The number of anilines is 1. The van der Waals surface area contributed by atoms with Gasteiger partial charge >= 0.3 is 0 Å².